The molecular formula is C22H24N2O4S2. The van der Waals surface area contributed by atoms with Crippen molar-refractivity contribution in [3.8, 4) is 0 Å². The molecule has 1 aliphatic rings. The number of benzene rings is 2. The second kappa shape index (κ2) is 8.09. The summed E-state index contributed by atoms with van der Waals surface area (Å²) in [7, 11) is -3.32. The summed E-state index contributed by atoms with van der Waals surface area (Å²) in [5.74, 6) is -0.210. The summed E-state index contributed by atoms with van der Waals surface area (Å²) in [6, 6.07) is 10.2. The third-order valence-electron chi connectivity index (χ3n) is 5.41. The molecule has 0 saturated carbocycles. The van der Waals surface area contributed by atoms with Crippen LogP contribution in [0.1, 0.15) is 34.3 Å². The van der Waals surface area contributed by atoms with Crippen molar-refractivity contribution in [2.45, 2.75) is 37.7 Å². The molecule has 1 fully saturated rings. The maximum absolute atomic E-state index is 13.4. The highest BCUT2D eigenvalue weighted by Gasteiger charge is 2.27. The largest absolute Gasteiger partial charge is 0.376 e. The van der Waals surface area contributed by atoms with Crippen LogP contribution in [0.2, 0.25) is 0 Å². The Balaban J connectivity index is 1.71. The Morgan fingerprint density at radius 3 is 2.53 bits per heavy atom. The topological polar surface area (TPSA) is 76.6 Å². The van der Waals surface area contributed by atoms with Crippen LogP contribution in [0, 0.1) is 13.8 Å². The van der Waals surface area contributed by atoms with Crippen molar-refractivity contribution >= 4 is 42.4 Å². The Kier molecular flexibility index (Phi) is 5.65. The normalized spacial score (nSPS) is 16.8. The summed E-state index contributed by atoms with van der Waals surface area (Å²) in [4.78, 5) is 20.0. The van der Waals surface area contributed by atoms with Crippen LogP contribution in [0.3, 0.4) is 0 Å². The first-order valence-electron chi connectivity index (χ1n) is 9.84. The maximum Gasteiger partial charge on any atom is 0.260 e. The molecule has 158 valence electrons. The minimum absolute atomic E-state index is 0.0280. The van der Waals surface area contributed by atoms with Crippen LogP contribution in [-0.4, -0.2) is 44.8 Å². The molecule has 3 aromatic rings. The number of hydrogen-bond donors (Lipinski definition) is 0. The van der Waals surface area contributed by atoms with Gasteiger partial charge in [0.15, 0.2) is 15.0 Å². The average Bonchev–Trinajstić information content (AvgIpc) is 3.35. The minimum Gasteiger partial charge on any atom is -0.376 e. The van der Waals surface area contributed by atoms with Gasteiger partial charge in [-0.2, -0.15) is 0 Å². The van der Waals surface area contributed by atoms with Crippen LogP contribution in [-0.2, 0) is 14.6 Å². The maximum atomic E-state index is 13.4. The van der Waals surface area contributed by atoms with Crippen molar-refractivity contribution in [1.29, 1.82) is 0 Å². The van der Waals surface area contributed by atoms with Gasteiger partial charge >= 0.3 is 0 Å². The second-order valence-electron chi connectivity index (χ2n) is 7.75. The van der Waals surface area contributed by atoms with Gasteiger partial charge in [-0.25, -0.2) is 13.4 Å². The third kappa shape index (κ3) is 4.26. The van der Waals surface area contributed by atoms with E-state index in [1.165, 1.54) is 29.0 Å². The fourth-order valence-corrected chi connectivity index (χ4v) is 5.21. The lowest BCUT2D eigenvalue weighted by atomic mass is 10.1. The number of aromatic nitrogens is 1. The smallest absolute Gasteiger partial charge is 0.260 e. The molecule has 8 heteroatoms. The molecule has 1 aromatic heterocycles. The molecule has 1 atom stereocenters. The summed E-state index contributed by atoms with van der Waals surface area (Å²) in [5.41, 5.74) is 3.64. The highest BCUT2D eigenvalue weighted by atomic mass is 32.2. The van der Waals surface area contributed by atoms with E-state index in [0.717, 1.165) is 34.9 Å². The van der Waals surface area contributed by atoms with E-state index in [0.29, 0.717) is 23.8 Å². The van der Waals surface area contributed by atoms with Gasteiger partial charge in [-0.3, -0.25) is 9.69 Å². The summed E-state index contributed by atoms with van der Waals surface area (Å²) in [5, 5.41) is 0.627. The molecule has 4 rings (SSSR count). The van der Waals surface area contributed by atoms with Gasteiger partial charge in [-0.1, -0.05) is 11.3 Å². The highest BCUT2D eigenvalue weighted by molar-refractivity contribution is 7.90. The van der Waals surface area contributed by atoms with E-state index in [4.69, 9.17) is 9.72 Å². The molecule has 0 spiro atoms. The van der Waals surface area contributed by atoms with Gasteiger partial charge in [0, 0.05) is 18.4 Å². The predicted molar refractivity (Wildman–Crippen MR) is 119 cm³/mol. The molecule has 0 N–H and O–H groups in total. The van der Waals surface area contributed by atoms with E-state index in [-0.39, 0.29) is 16.9 Å². The Morgan fingerprint density at radius 1 is 1.20 bits per heavy atom. The number of rotatable bonds is 5. The van der Waals surface area contributed by atoms with Crippen molar-refractivity contribution in [1.82, 2.24) is 4.98 Å². The summed E-state index contributed by atoms with van der Waals surface area (Å²) >= 11 is 1.48. The summed E-state index contributed by atoms with van der Waals surface area (Å²) in [6.07, 6.45) is 3.01. The Labute approximate surface area is 180 Å². The van der Waals surface area contributed by atoms with Crippen LogP contribution in [0.4, 0.5) is 5.13 Å². The van der Waals surface area contributed by atoms with Gasteiger partial charge in [0.25, 0.3) is 5.91 Å². The van der Waals surface area contributed by atoms with Gasteiger partial charge in [-0.05, 0) is 74.2 Å². The van der Waals surface area contributed by atoms with Crippen LogP contribution >= 0.6 is 11.3 Å². The van der Waals surface area contributed by atoms with Gasteiger partial charge in [-0.15, -0.1) is 0 Å². The SMILES string of the molecule is Cc1cc2nc(N(CC3CCCO3)C(=O)c3ccc(S(C)(=O)=O)cc3)sc2cc1C. The monoisotopic (exact) mass is 444 g/mol. The van der Waals surface area contributed by atoms with Crippen molar-refractivity contribution < 1.29 is 17.9 Å². The zero-order chi connectivity index (χ0) is 21.5. The Hall–Kier alpha value is -2.29. The molecule has 30 heavy (non-hydrogen) atoms. The first-order chi connectivity index (χ1) is 14.2. The number of thiazole rings is 1. The van der Waals surface area contributed by atoms with E-state index >= 15 is 0 Å². The van der Waals surface area contributed by atoms with Crippen molar-refractivity contribution in [3.05, 3.63) is 53.1 Å². The molecule has 1 aliphatic heterocycles. The predicted octanol–water partition coefficient (Wildman–Crippen LogP) is 4.14. The molecule has 1 saturated heterocycles. The standard InChI is InChI=1S/C22H24N2O4S2/c1-14-11-19-20(12-15(14)2)29-22(23-19)24(13-17-5-4-10-28-17)21(25)16-6-8-18(9-7-16)30(3,26)27/h6-9,11-12,17H,4-5,10,13H2,1-3H3. The van der Waals surface area contributed by atoms with Crippen molar-refractivity contribution in [2.75, 3.05) is 24.3 Å². The van der Waals surface area contributed by atoms with E-state index in [9.17, 15) is 13.2 Å². The first-order valence-corrected chi connectivity index (χ1v) is 12.5. The molecular weight excluding hydrogens is 420 g/mol. The first kappa shape index (κ1) is 21.0. The number of carbonyl (C=O) groups excluding carboxylic acids is 1. The van der Waals surface area contributed by atoms with Crippen LogP contribution in [0.5, 0.6) is 0 Å². The molecule has 6 nitrogen and oxygen atoms in total. The number of fused-ring (bicyclic) bond motifs is 1. The Bertz CT molecular complexity index is 1150. The fraction of sp³-hybridized carbons (Fsp3) is 0.364. The number of sulfone groups is 1. The quantitative estimate of drug-likeness (QED) is 0.591. The third-order valence-corrected chi connectivity index (χ3v) is 7.58. The summed E-state index contributed by atoms with van der Waals surface area (Å²) < 4.78 is 30.3. The average molecular weight is 445 g/mol. The second-order valence-corrected chi connectivity index (χ2v) is 10.8. The number of carbonyl (C=O) groups is 1. The highest BCUT2D eigenvalue weighted by Crippen LogP contribution is 2.32. The van der Waals surface area contributed by atoms with Crippen LogP contribution < -0.4 is 4.90 Å². The minimum atomic E-state index is -3.32. The molecule has 1 unspecified atom stereocenters. The van der Waals surface area contributed by atoms with Gasteiger partial charge in [0.05, 0.1) is 27.8 Å². The lowest BCUT2D eigenvalue weighted by molar-refractivity contribution is 0.0917. The number of nitrogens with zero attached hydrogens (tertiary/aromatic N) is 2. The van der Waals surface area contributed by atoms with E-state index in [1.54, 1.807) is 17.0 Å². The number of anilines is 1. The molecule has 0 aliphatic carbocycles. The number of ether oxygens (including phenoxy) is 1. The van der Waals surface area contributed by atoms with Gasteiger partial charge in [0.1, 0.15) is 0 Å². The lowest BCUT2D eigenvalue weighted by Gasteiger charge is -2.23. The zero-order valence-corrected chi connectivity index (χ0v) is 18.8. The number of amides is 1. The molecule has 2 heterocycles. The Morgan fingerprint density at radius 2 is 1.90 bits per heavy atom. The number of aryl methyl sites for hydroxylation is 2. The van der Waals surface area contributed by atoms with Crippen molar-refractivity contribution in [2.24, 2.45) is 0 Å². The van der Waals surface area contributed by atoms with Gasteiger partial charge in [0.2, 0.25) is 0 Å². The van der Waals surface area contributed by atoms with E-state index in [1.807, 2.05) is 13.0 Å². The molecule has 0 bridgehead atoms. The van der Waals surface area contributed by atoms with E-state index in [2.05, 4.69) is 13.0 Å². The fourth-order valence-electron chi connectivity index (χ4n) is 3.52. The van der Waals surface area contributed by atoms with Crippen LogP contribution in [0.15, 0.2) is 41.3 Å². The van der Waals surface area contributed by atoms with Gasteiger partial charge < -0.3 is 4.74 Å². The summed E-state index contributed by atoms with van der Waals surface area (Å²) in [6.45, 7) is 5.23. The van der Waals surface area contributed by atoms with Crippen molar-refractivity contribution in [3.63, 3.8) is 0 Å². The molecule has 1 amide bonds. The molecule has 0 radical (unpaired) electrons. The van der Waals surface area contributed by atoms with E-state index < -0.39 is 9.84 Å². The molecule has 2 aromatic carbocycles. The van der Waals surface area contributed by atoms with Crippen LogP contribution in [0.25, 0.3) is 10.2 Å². The zero-order valence-electron chi connectivity index (χ0n) is 17.2. The lowest BCUT2D eigenvalue weighted by Crippen LogP contribution is -2.37. The number of hydrogen-bond acceptors (Lipinski definition) is 6.